The Bertz CT molecular complexity index is 285. The van der Waals surface area contributed by atoms with Crippen molar-refractivity contribution in [2.24, 2.45) is 5.92 Å². The highest BCUT2D eigenvalue weighted by Gasteiger charge is 2.16. The predicted molar refractivity (Wildman–Crippen MR) is 63.4 cm³/mol. The van der Waals surface area contributed by atoms with Gasteiger partial charge in [0.05, 0.1) is 0 Å². The van der Waals surface area contributed by atoms with E-state index in [1.54, 1.807) is 23.1 Å². The van der Waals surface area contributed by atoms with E-state index < -0.39 is 0 Å². The minimum atomic E-state index is 0.899. The molecular formula is C8H13N3S3. The van der Waals surface area contributed by atoms with Crippen molar-refractivity contribution in [3.8, 4) is 0 Å². The summed E-state index contributed by atoms with van der Waals surface area (Å²) in [6.45, 7) is 2.40. The van der Waals surface area contributed by atoms with E-state index in [2.05, 4.69) is 15.5 Å². The van der Waals surface area contributed by atoms with Gasteiger partial charge >= 0.3 is 0 Å². The Morgan fingerprint density at radius 3 is 2.79 bits per heavy atom. The fraction of sp³-hybridized carbons (Fsp3) is 0.750. The van der Waals surface area contributed by atoms with E-state index in [1.807, 2.05) is 18.0 Å². The quantitative estimate of drug-likeness (QED) is 0.805. The number of hydrogen-bond donors (Lipinski definition) is 1. The molecule has 0 aromatic carbocycles. The van der Waals surface area contributed by atoms with Gasteiger partial charge in [0.1, 0.15) is 0 Å². The lowest BCUT2D eigenvalue weighted by Gasteiger charge is -2.26. The average molecular weight is 247 g/mol. The third-order valence-corrected chi connectivity index (χ3v) is 5.25. The maximum atomic E-state index is 4.12. The standard InChI is InChI=1S/C8H13N3S3/c1-12-7-10-11-8(14-7)13-3-2-6-4-9-5-6/h6,9H,2-5H2,1H3. The Morgan fingerprint density at radius 1 is 1.43 bits per heavy atom. The molecular weight excluding hydrogens is 234 g/mol. The van der Waals surface area contributed by atoms with Gasteiger partial charge in [-0.1, -0.05) is 34.9 Å². The number of nitrogens with one attached hydrogen (secondary N) is 1. The van der Waals surface area contributed by atoms with Crippen molar-refractivity contribution in [3.63, 3.8) is 0 Å². The molecule has 6 heteroatoms. The van der Waals surface area contributed by atoms with E-state index in [4.69, 9.17) is 0 Å². The molecule has 1 aliphatic rings. The summed E-state index contributed by atoms with van der Waals surface area (Å²) in [4.78, 5) is 0. The molecule has 0 spiro atoms. The molecule has 0 unspecified atom stereocenters. The molecule has 0 aliphatic carbocycles. The van der Waals surface area contributed by atoms with Gasteiger partial charge in [0.25, 0.3) is 0 Å². The highest BCUT2D eigenvalue weighted by molar-refractivity contribution is 8.02. The summed E-state index contributed by atoms with van der Waals surface area (Å²) in [7, 11) is 0. The maximum absolute atomic E-state index is 4.12. The van der Waals surface area contributed by atoms with Gasteiger partial charge in [-0.3, -0.25) is 0 Å². The first kappa shape index (κ1) is 10.7. The minimum Gasteiger partial charge on any atom is -0.316 e. The molecule has 3 nitrogen and oxygen atoms in total. The lowest BCUT2D eigenvalue weighted by atomic mass is 10.0. The number of aromatic nitrogens is 2. The molecule has 0 radical (unpaired) electrons. The van der Waals surface area contributed by atoms with Crippen molar-refractivity contribution in [1.29, 1.82) is 0 Å². The van der Waals surface area contributed by atoms with Crippen LogP contribution >= 0.6 is 34.9 Å². The third-order valence-electron chi connectivity index (χ3n) is 2.18. The fourth-order valence-electron chi connectivity index (χ4n) is 1.20. The molecule has 2 heterocycles. The third kappa shape index (κ3) is 2.85. The van der Waals surface area contributed by atoms with Crippen LogP contribution < -0.4 is 5.32 Å². The summed E-state index contributed by atoms with van der Waals surface area (Å²) >= 11 is 5.20. The normalized spacial score (nSPS) is 16.9. The summed E-state index contributed by atoms with van der Waals surface area (Å²) < 4.78 is 2.18. The second kappa shape index (κ2) is 5.34. The first-order valence-electron chi connectivity index (χ1n) is 4.59. The Morgan fingerprint density at radius 2 is 2.21 bits per heavy atom. The van der Waals surface area contributed by atoms with E-state index in [0.29, 0.717) is 0 Å². The van der Waals surface area contributed by atoms with Gasteiger partial charge in [0.15, 0.2) is 8.68 Å². The van der Waals surface area contributed by atoms with Crippen LogP contribution in [-0.4, -0.2) is 35.3 Å². The zero-order valence-corrected chi connectivity index (χ0v) is 10.5. The maximum Gasteiger partial charge on any atom is 0.175 e. The first-order chi connectivity index (χ1) is 6.88. The Hall–Kier alpha value is 0.220. The van der Waals surface area contributed by atoms with Crippen molar-refractivity contribution in [2.75, 3.05) is 25.1 Å². The lowest BCUT2D eigenvalue weighted by Crippen LogP contribution is -2.42. The number of hydrogen-bond acceptors (Lipinski definition) is 6. The molecule has 1 fully saturated rings. The fourth-order valence-corrected chi connectivity index (χ4v) is 3.81. The summed E-state index contributed by atoms with van der Waals surface area (Å²) in [6.07, 6.45) is 3.33. The van der Waals surface area contributed by atoms with Crippen LogP contribution in [0.15, 0.2) is 8.68 Å². The zero-order chi connectivity index (χ0) is 9.80. The van der Waals surface area contributed by atoms with Crippen LogP contribution in [0.1, 0.15) is 6.42 Å². The Kier molecular flexibility index (Phi) is 4.10. The van der Waals surface area contributed by atoms with Crippen LogP contribution in [-0.2, 0) is 0 Å². The van der Waals surface area contributed by atoms with E-state index in [1.165, 1.54) is 25.3 Å². The van der Waals surface area contributed by atoms with Crippen LogP contribution in [0.2, 0.25) is 0 Å². The molecule has 0 atom stereocenters. The van der Waals surface area contributed by atoms with Gasteiger partial charge in [-0.2, -0.15) is 0 Å². The molecule has 1 aromatic rings. The smallest absolute Gasteiger partial charge is 0.175 e. The Balaban J connectivity index is 1.68. The molecule has 0 saturated carbocycles. The van der Waals surface area contributed by atoms with Crippen LogP contribution in [0.3, 0.4) is 0 Å². The van der Waals surface area contributed by atoms with Gasteiger partial charge in [0.2, 0.25) is 0 Å². The predicted octanol–water partition coefficient (Wildman–Crippen LogP) is 1.96. The molecule has 1 N–H and O–H groups in total. The largest absolute Gasteiger partial charge is 0.316 e. The molecule has 1 aromatic heterocycles. The van der Waals surface area contributed by atoms with Gasteiger partial charge < -0.3 is 5.32 Å². The summed E-state index contributed by atoms with van der Waals surface area (Å²) in [5.74, 6) is 2.07. The van der Waals surface area contributed by atoms with E-state index in [9.17, 15) is 0 Å². The molecule has 78 valence electrons. The minimum absolute atomic E-state index is 0.899. The Labute approximate surface area is 96.5 Å². The van der Waals surface area contributed by atoms with Crippen LogP contribution in [0, 0.1) is 5.92 Å². The van der Waals surface area contributed by atoms with Crippen LogP contribution in [0.5, 0.6) is 0 Å². The van der Waals surface area contributed by atoms with Crippen LogP contribution in [0.4, 0.5) is 0 Å². The second-order valence-corrected chi connectivity index (χ2v) is 6.57. The van der Waals surface area contributed by atoms with Crippen LogP contribution in [0.25, 0.3) is 0 Å². The van der Waals surface area contributed by atoms with E-state index >= 15 is 0 Å². The molecule has 1 aliphatic heterocycles. The van der Waals surface area contributed by atoms with Crippen molar-refractivity contribution >= 4 is 34.9 Å². The van der Waals surface area contributed by atoms with Crippen molar-refractivity contribution < 1.29 is 0 Å². The summed E-state index contributed by atoms with van der Waals surface area (Å²) in [5, 5.41) is 11.5. The summed E-state index contributed by atoms with van der Waals surface area (Å²) in [6, 6.07) is 0. The highest BCUT2D eigenvalue weighted by Crippen LogP contribution is 2.28. The molecule has 0 amide bonds. The second-order valence-electron chi connectivity index (χ2n) is 3.20. The van der Waals surface area contributed by atoms with Gasteiger partial charge in [0, 0.05) is 5.75 Å². The summed E-state index contributed by atoms with van der Waals surface area (Å²) in [5.41, 5.74) is 0. The van der Waals surface area contributed by atoms with Crippen molar-refractivity contribution in [3.05, 3.63) is 0 Å². The SMILES string of the molecule is CSc1nnc(SCCC2CNC2)s1. The molecule has 14 heavy (non-hydrogen) atoms. The first-order valence-corrected chi connectivity index (χ1v) is 7.62. The van der Waals surface area contributed by atoms with Crippen molar-refractivity contribution in [1.82, 2.24) is 15.5 Å². The van der Waals surface area contributed by atoms with Gasteiger partial charge in [-0.25, -0.2) is 0 Å². The number of rotatable bonds is 5. The monoisotopic (exact) mass is 247 g/mol. The highest BCUT2D eigenvalue weighted by atomic mass is 32.2. The average Bonchev–Trinajstić information content (AvgIpc) is 2.57. The van der Waals surface area contributed by atoms with E-state index in [-0.39, 0.29) is 0 Å². The topological polar surface area (TPSA) is 37.8 Å². The number of nitrogens with zero attached hydrogens (tertiary/aromatic N) is 2. The molecule has 2 rings (SSSR count). The lowest BCUT2D eigenvalue weighted by molar-refractivity contribution is 0.341. The number of thioether (sulfide) groups is 2. The van der Waals surface area contributed by atoms with Crippen molar-refractivity contribution in [2.45, 2.75) is 15.1 Å². The van der Waals surface area contributed by atoms with Gasteiger partial charge in [-0.05, 0) is 31.7 Å². The van der Waals surface area contributed by atoms with Gasteiger partial charge in [-0.15, -0.1) is 10.2 Å². The molecule has 1 saturated heterocycles. The van der Waals surface area contributed by atoms with E-state index in [0.717, 1.165) is 14.6 Å². The zero-order valence-electron chi connectivity index (χ0n) is 8.02. The molecule has 0 bridgehead atoms.